The quantitative estimate of drug-likeness (QED) is 0.0220. The standard InChI is InChI=1S/C73H103N13O18S3/c1-5-6-8-17-63(90)77-34-53(71(100)86-24-12-16-60(86)72(101)85-23-11-15-59(85)67(75)96)44-106-42-51-30-50(41-105-29-22-76-64(91)40-104-61-20-18-54-36-84(39-66(94)95)28-26-82(38-65(92)93)25-27-83(35-46(2)87)37-57(61)78-54)31-52(32-51)43-107-45-58(73(102)103)81-70(99)56(33-49-13-9-7-10-14-49)80-69(98)55(19-21-62(74)89)79-68(97)47(3)48(4)88/h7,9-10,13-14,18,20,30-32,34,47-48,53,55-56,58-60,87-88H,2,5-6,8,11-12,15-17,19,21-29,33,35-45H2,1,3-4H3,(H2,74,89)(H2,75,96)(H,76,91)(H,79,97)(H,80,98)(H,81,99)(H,92,93)(H,94,95)(H,102,103)/t47-,48+,53?,55-,56-,58?,59-,60-/m0/s1. The Balaban J connectivity index is 1.19. The fourth-order valence-corrected chi connectivity index (χ4v) is 15.1. The van der Waals surface area contributed by atoms with Gasteiger partial charge in [0.15, 0.2) is 6.61 Å². The van der Waals surface area contributed by atoms with Crippen LogP contribution in [0.3, 0.4) is 0 Å². The van der Waals surface area contributed by atoms with Crippen molar-refractivity contribution in [1.29, 1.82) is 0 Å². The number of ether oxygens (including phenoxy) is 1. The third kappa shape index (κ3) is 30.5. The second kappa shape index (κ2) is 45.2. The molecule has 0 spiro atoms. The molecule has 13 N–H and O–H groups in total. The number of rotatable bonds is 43. The smallest absolute Gasteiger partial charge is 0.327 e. The lowest BCUT2D eigenvalue weighted by atomic mass is 10.0. The Morgan fingerprint density at radius 3 is 1.88 bits per heavy atom. The average Bonchev–Trinajstić information content (AvgIpc) is 1.68. The van der Waals surface area contributed by atoms with Gasteiger partial charge < -0.3 is 72.8 Å². The number of aliphatic imine (C=N–C) groups is 1. The minimum absolute atomic E-state index is 0.0216. The maximum absolute atomic E-state index is 14.7. The summed E-state index contributed by atoms with van der Waals surface area (Å²) in [6.45, 7) is 9.54. The number of carboxylic acids is 3. The van der Waals surface area contributed by atoms with E-state index in [9.17, 15) is 83.1 Å². The molecule has 31 nitrogen and oxygen atoms in total. The molecule has 8 atom stereocenters. The molecule has 2 bridgehead atoms. The number of carbonyl (C=O) groups is 12. The van der Waals surface area contributed by atoms with Crippen molar-refractivity contribution in [1.82, 2.24) is 50.8 Å². The highest BCUT2D eigenvalue weighted by Crippen LogP contribution is 2.30. The van der Waals surface area contributed by atoms with Gasteiger partial charge in [0.1, 0.15) is 36.0 Å². The maximum atomic E-state index is 14.7. The molecule has 3 aliphatic rings. The summed E-state index contributed by atoms with van der Waals surface area (Å²) in [5.41, 5.74) is 15.0. The molecule has 9 amide bonds. The summed E-state index contributed by atoms with van der Waals surface area (Å²) < 4.78 is 6.05. The number of likely N-dealkylation sites (tertiary alicyclic amines) is 2. The van der Waals surface area contributed by atoms with E-state index in [0.29, 0.717) is 72.9 Å². The van der Waals surface area contributed by atoms with E-state index in [-0.39, 0.29) is 144 Å². The fourth-order valence-electron chi connectivity index (χ4n) is 12.4. The van der Waals surface area contributed by atoms with Crippen LogP contribution in [0.1, 0.15) is 119 Å². The van der Waals surface area contributed by atoms with Crippen LogP contribution < -0.4 is 37.5 Å². The molecule has 1 aromatic heterocycles. The van der Waals surface area contributed by atoms with Gasteiger partial charge in [-0.3, -0.25) is 72.4 Å². The number of aliphatic carboxylic acids is 3. The molecule has 3 aromatic rings. The van der Waals surface area contributed by atoms with E-state index in [1.807, 2.05) is 30.0 Å². The van der Waals surface area contributed by atoms with Crippen molar-refractivity contribution >= 4 is 113 Å². The van der Waals surface area contributed by atoms with Crippen LogP contribution >= 0.6 is 35.3 Å². The van der Waals surface area contributed by atoms with Crippen molar-refractivity contribution in [3.8, 4) is 5.75 Å². The summed E-state index contributed by atoms with van der Waals surface area (Å²) in [5.74, 6) is -9.19. The van der Waals surface area contributed by atoms with Crippen LogP contribution in [-0.4, -0.2) is 258 Å². The molecule has 586 valence electrons. The third-order valence-corrected chi connectivity index (χ3v) is 21.4. The Kier molecular flexibility index (Phi) is 36.9. The first-order valence-electron chi connectivity index (χ1n) is 35.9. The molecular formula is C73H103N13O18S3. The molecule has 3 aliphatic heterocycles. The second-order valence-corrected chi connectivity index (χ2v) is 30.1. The van der Waals surface area contributed by atoms with Crippen LogP contribution in [0.2, 0.25) is 0 Å². The van der Waals surface area contributed by atoms with Gasteiger partial charge in [-0.2, -0.15) is 35.3 Å². The number of carbonyl (C=O) groups excluding carboxylic acids is 9. The first kappa shape index (κ1) is 87.2. The van der Waals surface area contributed by atoms with Crippen LogP contribution in [0.25, 0.3) is 0 Å². The number of aliphatic hydroxyl groups is 2. The van der Waals surface area contributed by atoms with Crippen molar-refractivity contribution in [2.24, 2.45) is 28.3 Å². The van der Waals surface area contributed by atoms with Gasteiger partial charge in [0.2, 0.25) is 47.3 Å². The topological polar surface area (TPSA) is 457 Å². The van der Waals surface area contributed by atoms with E-state index in [4.69, 9.17) is 21.2 Å². The largest absolute Gasteiger partial charge is 0.512 e. The van der Waals surface area contributed by atoms with Crippen molar-refractivity contribution < 1.29 is 87.8 Å². The normalized spacial score (nSPS) is 17.6. The van der Waals surface area contributed by atoms with Crippen LogP contribution in [-0.2, 0) is 94.3 Å². The Labute approximate surface area is 635 Å². The molecule has 6 rings (SSSR count). The van der Waals surface area contributed by atoms with Crippen LogP contribution in [0.4, 0.5) is 0 Å². The summed E-state index contributed by atoms with van der Waals surface area (Å²) in [6.07, 6.45) is 4.09. The number of amides is 9. The number of benzene rings is 2. The zero-order valence-electron chi connectivity index (χ0n) is 60.9. The van der Waals surface area contributed by atoms with Crippen LogP contribution in [0, 0.1) is 11.8 Å². The van der Waals surface area contributed by atoms with Crippen LogP contribution in [0.5, 0.6) is 5.75 Å². The highest BCUT2D eigenvalue weighted by Gasteiger charge is 2.43. The number of hydrogen-bond donors (Lipinski definition) is 11. The SMILES string of the molecule is C=C(O)CN1CCN(CC(=O)O)CCN(CC(=O)O)Cc2ccc(OCC(=O)NCCSCc3cc(CSCC(C=NC(=O)CCCCC)C(=O)N4CCC[C@H]4C(=O)N4CCC[C@H]4C(N)=O)cc(CSCC(NC(=O)[C@H](Cc4ccccc4)NC(=O)[C@H](CCC(N)=O)NC(=O)[C@@H](C)[C@@H](C)O)C(=O)O)c3)c(n2)C1. The van der Waals surface area contributed by atoms with E-state index in [1.165, 1.54) is 65.1 Å². The minimum atomic E-state index is -1.49. The third-order valence-electron chi connectivity index (χ3n) is 18.1. The molecule has 2 saturated heterocycles. The number of aliphatic hydroxyl groups excluding tert-OH is 2. The summed E-state index contributed by atoms with van der Waals surface area (Å²) >= 11 is 4.10. The first-order valence-corrected chi connectivity index (χ1v) is 39.4. The van der Waals surface area contributed by atoms with Gasteiger partial charge in [0.25, 0.3) is 5.91 Å². The Morgan fingerprint density at radius 1 is 0.673 bits per heavy atom. The first-order chi connectivity index (χ1) is 51.1. The number of unbranched alkanes of at least 4 members (excludes halogenated alkanes) is 2. The number of fused-ring (bicyclic) bond motifs is 2. The molecule has 4 heterocycles. The summed E-state index contributed by atoms with van der Waals surface area (Å²) in [5, 5.41) is 60.9. The lowest BCUT2D eigenvalue weighted by Gasteiger charge is -2.31. The number of nitrogens with zero attached hydrogens (tertiary/aromatic N) is 7. The molecule has 0 aliphatic carbocycles. The molecule has 2 fully saturated rings. The zero-order chi connectivity index (χ0) is 78.1. The zero-order valence-corrected chi connectivity index (χ0v) is 63.4. The van der Waals surface area contributed by atoms with E-state index < -0.39 is 108 Å². The van der Waals surface area contributed by atoms with E-state index in [0.717, 1.165) is 29.5 Å². The molecule has 2 aromatic carbocycles. The van der Waals surface area contributed by atoms with Gasteiger partial charge in [-0.05, 0) is 79.8 Å². The predicted octanol–water partition coefficient (Wildman–Crippen LogP) is 2.46. The highest BCUT2D eigenvalue weighted by atomic mass is 32.2. The molecule has 107 heavy (non-hydrogen) atoms. The summed E-state index contributed by atoms with van der Waals surface area (Å²) in [7, 11) is 0. The van der Waals surface area contributed by atoms with E-state index >= 15 is 0 Å². The van der Waals surface area contributed by atoms with Gasteiger partial charge >= 0.3 is 17.9 Å². The Bertz CT molecular complexity index is 3600. The minimum Gasteiger partial charge on any atom is -0.512 e. The lowest BCUT2D eigenvalue weighted by molar-refractivity contribution is -0.146. The number of nitrogens with two attached hydrogens (primary N) is 2. The number of pyridine rings is 1. The van der Waals surface area contributed by atoms with Crippen LogP contribution in [0.15, 0.2) is 78.0 Å². The molecule has 34 heteroatoms. The van der Waals surface area contributed by atoms with Gasteiger partial charge in [-0.1, -0.05) is 81.8 Å². The van der Waals surface area contributed by atoms with Gasteiger partial charge in [0, 0.05) is 119 Å². The Morgan fingerprint density at radius 2 is 1.26 bits per heavy atom. The van der Waals surface area contributed by atoms with Gasteiger partial charge in [-0.25, -0.2) is 9.79 Å². The predicted molar refractivity (Wildman–Crippen MR) is 404 cm³/mol. The number of hydrogen-bond acceptors (Lipinski definition) is 22. The van der Waals surface area contributed by atoms with Crippen molar-refractivity contribution in [3.63, 3.8) is 0 Å². The van der Waals surface area contributed by atoms with Crippen molar-refractivity contribution in [3.05, 3.63) is 107 Å². The van der Waals surface area contributed by atoms with Gasteiger partial charge in [-0.15, -0.1) is 0 Å². The molecule has 0 saturated carbocycles. The number of nitrogens with one attached hydrogen (secondary N) is 4. The monoisotopic (exact) mass is 1550 g/mol. The van der Waals surface area contributed by atoms with Crippen molar-refractivity contribution in [2.45, 2.75) is 158 Å². The summed E-state index contributed by atoms with van der Waals surface area (Å²) in [6, 6.07) is 11.9. The maximum Gasteiger partial charge on any atom is 0.327 e. The molecule has 2 unspecified atom stereocenters. The average molecular weight is 1550 g/mol. The number of primary amides is 2. The number of aromatic nitrogens is 1. The highest BCUT2D eigenvalue weighted by molar-refractivity contribution is 7.99. The summed E-state index contributed by atoms with van der Waals surface area (Å²) in [4.78, 5) is 175. The van der Waals surface area contributed by atoms with E-state index in [1.54, 1.807) is 52.3 Å². The number of thioether (sulfide) groups is 3. The van der Waals surface area contributed by atoms with E-state index in [2.05, 4.69) is 32.8 Å². The number of carboxylic acid groups (broad SMARTS) is 3. The lowest BCUT2D eigenvalue weighted by Crippen LogP contribution is -2.57. The fraction of sp³-hybridized carbons (Fsp3) is 0.562. The Hall–Kier alpha value is -8.67. The molecule has 0 radical (unpaired) electrons. The van der Waals surface area contributed by atoms with Gasteiger partial charge in [0.05, 0.1) is 54.7 Å². The second-order valence-electron chi connectivity index (χ2n) is 26.9. The molecular weight excluding hydrogens is 1440 g/mol. The van der Waals surface area contributed by atoms with Crippen molar-refractivity contribution in [2.75, 3.05) is 89.3 Å².